The van der Waals surface area contributed by atoms with E-state index in [2.05, 4.69) is 46.9 Å². The van der Waals surface area contributed by atoms with Gasteiger partial charge in [0.1, 0.15) is 5.72 Å². The molecule has 1 aliphatic heterocycles. The van der Waals surface area contributed by atoms with Gasteiger partial charge in [0.05, 0.1) is 6.10 Å². The van der Waals surface area contributed by atoms with Crippen LogP contribution in [0.5, 0.6) is 0 Å². The van der Waals surface area contributed by atoms with E-state index >= 15 is 0 Å². The quantitative estimate of drug-likeness (QED) is 0.696. The van der Waals surface area contributed by atoms with Crippen LogP contribution in [0, 0.1) is 10.8 Å². The summed E-state index contributed by atoms with van der Waals surface area (Å²) in [6.07, 6.45) is 5.07. The SMILES string of the molecule is CC1CC(C)OC2(CC(C)(C)CC(C)(C)C2)N1. The number of hydrogen-bond donors (Lipinski definition) is 1. The smallest absolute Gasteiger partial charge is 0.120 e. The molecule has 1 spiro atoms. The summed E-state index contributed by atoms with van der Waals surface area (Å²) in [5.41, 5.74) is 0.652. The van der Waals surface area contributed by atoms with E-state index in [1.807, 2.05) is 0 Å². The van der Waals surface area contributed by atoms with Gasteiger partial charge in [-0.25, -0.2) is 0 Å². The lowest BCUT2D eigenvalue weighted by molar-refractivity contribution is -0.202. The maximum absolute atomic E-state index is 6.35. The zero-order chi connectivity index (χ0) is 12.9. The first kappa shape index (κ1) is 13.4. The fraction of sp³-hybridized carbons (Fsp3) is 1.00. The van der Waals surface area contributed by atoms with Crippen LogP contribution < -0.4 is 5.32 Å². The molecule has 1 heterocycles. The van der Waals surface area contributed by atoms with Gasteiger partial charge >= 0.3 is 0 Å². The molecule has 17 heavy (non-hydrogen) atoms. The Morgan fingerprint density at radius 1 is 0.941 bits per heavy atom. The summed E-state index contributed by atoms with van der Waals surface area (Å²) < 4.78 is 6.35. The van der Waals surface area contributed by atoms with E-state index in [1.54, 1.807) is 0 Å². The minimum atomic E-state index is -0.0810. The lowest BCUT2D eigenvalue weighted by Crippen LogP contribution is -2.63. The van der Waals surface area contributed by atoms with Crippen LogP contribution in [-0.4, -0.2) is 17.9 Å². The average molecular weight is 239 g/mol. The van der Waals surface area contributed by atoms with Gasteiger partial charge in [-0.05, 0) is 50.4 Å². The predicted octanol–water partition coefficient (Wildman–Crippen LogP) is 3.71. The second-order valence-electron chi connectivity index (χ2n) is 8.06. The molecule has 2 atom stereocenters. The van der Waals surface area contributed by atoms with E-state index in [0.29, 0.717) is 23.0 Å². The Morgan fingerprint density at radius 2 is 1.47 bits per heavy atom. The molecular weight excluding hydrogens is 210 g/mol. The van der Waals surface area contributed by atoms with E-state index in [1.165, 1.54) is 6.42 Å². The van der Waals surface area contributed by atoms with Crippen molar-refractivity contribution in [2.45, 2.75) is 85.1 Å². The zero-order valence-corrected chi connectivity index (χ0v) is 12.4. The molecule has 1 aliphatic carbocycles. The van der Waals surface area contributed by atoms with Crippen molar-refractivity contribution in [3.05, 3.63) is 0 Å². The highest BCUT2D eigenvalue weighted by Crippen LogP contribution is 2.51. The Bertz CT molecular complexity index is 267. The van der Waals surface area contributed by atoms with Crippen LogP contribution in [0.15, 0.2) is 0 Å². The summed E-state index contributed by atoms with van der Waals surface area (Å²) >= 11 is 0. The standard InChI is InChI=1S/C15H29NO/c1-11-7-12(2)17-15(16-11)9-13(3,4)8-14(5,6)10-15/h11-12,16H,7-10H2,1-6H3. The van der Waals surface area contributed by atoms with Crippen LogP contribution in [0.1, 0.15) is 67.2 Å². The molecule has 2 unspecified atom stereocenters. The lowest BCUT2D eigenvalue weighted by atomic mass is 9.61. The van der Waals surface area contributed by atoms with E-state index in [0.717, 1.165) is 19.3 Å². The summed E-state index contributed by atoms with van der Waals surface area (Å²) in [6, 6.07) is 0.573. The zero-order valence-electron chi connectivity index (χ0n) is 12.4. The molecule has 2 nitrogen and oxygen atoms in total. The van der Waals surface area contributed by atoms with E-state index in [9.17, 15) is 0 Å². The van der Waals surface area contributed by atoms with Crippen molar-refractivity contribution < 1.29 is 4.74 Å². The lowest BCUT2D eigenvalue weighted by Gasteiger charge is -2.55. The van der Waals surface area contributed by atoms with Crippen molar-refractivity contribution >= 4 is 0 Å². The highest BCUT2D eigenvalue weighted by molar-refractivity contribution is 5.00. The maximum atomic E-state index is 6.35. The van der Waals surface area contributed by atoms with Gasteiger partial charge < -0.3 is 4.74 Å². The summed E-state index contributed by atoms with van der Waals surface area (Å²) in [4.78, 5) is 0. The van der Waals surface area contributed by atoms with Gasteiger partial charge in [-0.1, -0.05) is 27.7 Å². The van der Waals surface area contributed by atoms with Crippen molar-refractivity contribution in [2.24, 2.45) is 10.8 Å². The molecule has 1 saturated heterocycles. The van der Waals surface area contributed by atoms with Crippen LogP contribution in [0.2, 0.25) is 0 Å². The fourth-order valence-electron chi connectivity index (χ4n) is 4.69. The van der Waals surface area contributed by atoms with Crippen molar-refractivity contribution in [1.82, 2.24) is 5.32 Å². The molecule has 2 rings (SSSR count). The second kappa shape index (κ2) is 3.96. The van der Waals surface area contributed by atoms with Gasteiger partial charge in [0.25, 0.3) is 0 Å². The molecule has 0 radical (unpaired) electrons. The number of hydrogen-bond acceptors (Lipinski definition) is 2. The molecule has 0 aromatic carbocycles. The van der Waals surface area contributed by atoms with Gasteiger partial charge in [0, 0.05) is 6.04 Å². The fourth-order valence-corrected chi connectivity index (χ4v) is 4.69. The van der Waals surface area contributed by atoms with Crippen LogP contribution in [0.4, 0.5) is 0 Å². The minimum absolute atomic E-state index is 0.0810. The van der Waals surface area contributed by atoms with Crippen LogP contribution in [0.3, 0.4) is 0 Å². The Kier molecular flexibility index (Phi) is 3.11. The Balaban J connectivity index is 2.23. The van der Waals surface area contributed by atoms with Gasteiger partial charge in [0.15, 0.2) is 0 Å². The number of rotatable bonds is 0. The van der Waals surface area contributed by atoms with Crippen molar-refractivity contribution in [3.63, 3.8) is 0 Å². The van der Waals surface area contributed by atoms with Crippen molar-refractivity contribution in [3.8, 4) is 0 Å². The Labute approximate surface area is 107 Å². The third kappa shape index (κ3) is 3.03. The molecule has 0 bridgehead atoms. The summed E-state index contributed by atoms with van der Waals surface area (Å²) in [6.45, 7) is 14.0. The molecule has 2 aliphatic rings. The van der Waals surface area contributed by atoms with E-state index < -0.39 is 0 Å². The first-order chi connectivity index (χ1) is 7.62. The first-order valence-corrected chi connectivity index (χ1v) is 7.07. The van der Waals surface area contributed by atoms with Gasteiger partial charge in [-0.3, -0.25) is 5.32 Å². The van der Waals surface area contributed by atoms with Gasteiger partial charge in [-0.15, -0.1) is 0 Å². The van der Waals surface area contributed by atoms with E-state index in [-0.39, 0.29) is 5.72 Å². The molecule has 0 aromatic rings. The minimum Gasteiger partial charge on any atom is -0.358 e. The number of nitrogens with one attached hydrogen (secondary N) is 1. The van der Waals surface area contributed by atoms with Crippen molar-refractivity contribution in [1.29, 1.82) is 0 Å². The van der Waals surface area contributed by atoms with E-state index in [4.69, 9.17) is 4.74 Å². The largest absolute Gasteiger partial charge is 0.358 e. The molecule has 1 saturated carbocycles. The summed E-state index contributed by atoms with van der Waals surface area (Å²) in [5, 5.41) is 3.75. The molecule has 100 valence electrons. The normalized spacial score (nSPS) is 39.2. The third-order valence-corrected chi connectivity index (χ3v) is 4.11. The average Bonchev–Trinajstić information content (AvgIpc) is 1.90. The summed E-state index contributed by atoms with van der Waals surface area (Å²) in [7, 11) is 0. The molecule has 0 amide bonds. The Morgan fingerprint density at radius 3 is 1.94 bits per heavy atom. The van der Waals surface area contributed by atoms with Crippen LogP contribution in [0.25, 0.3) is 0 Å². The van der Waals surface area contributed by atoms with Crippen molar-refractivity contribution in [2.75, 3.05) is 0 Å². The highest BCUT2D eigenvalue weighted by Gasteiger charge is 2.50. The summed E-state index contributed by atoms with van der Waals surface area (Å²) in [5.74, 6) is 0. The number of ether oxygens (including phenoxy) is 1. The topological polar surface area (TPSA) is 21.3 Å². The highest BCUT2D eigenvalue weighted by atomic mass is 16.5. The molecule has 1 N–H and O–H groups in total. The Hall–Kier alpha value is -0.0800. The second-order valence-corrected chi connectivity index (χ2v) is 8.06. The van der Waals surface area contributed by atoms with Gasteiger partial charge in [0.2, 0.25) is 0 Å². The third-order valence-electron chi connectivity index (χ3n) is 4.11. The van der Waals surface area contributed by atoms with Crippen LogP contribution in [-0.2, 0) is 4.74 Å². The molecular formula is C15H29NO. The monoisotopic (exact) mass is 239 g/mol. The first-order valence-electron chi connectivity index (χ1n) is 7.07. The van der Waals surface area contributed by atoms with Gasteiger partial charge in [-0.2, -0.15) is 0 Å². The van der Waals surface area contributed by atoms with Crippen LogP contribution >= 0.6 is 0 Å². The molecule has 2 fully saturated rings. The predicted molar refractivity (Wildman–Crippen MR) is 71.9 cm³/mol. The maximum Gasteiger partial charge on any atom is 0.120 e. The molecule has 2 heteroatoms. The molecule has 0 aromatic heterocycles.